The van der Waals surface area contributed by atoms with E-state index in [4.69, 9.17) is 42.6 Å². The second-order valence-corrected chi connectivity index (χ2v) is 10.5. The molecule has 1 amide bonds. The Morgan fingerprint density at radius 3 is 2.15 bits per heavy atom. The fraction of sp³-hybridized carbons (Fsp3) is 0.846. The van der Waals surface area contributed by atoms with Crippen LogP contribution in [-0.4, -0.2) is 116 Å². The number of ether oxygens (including phenoxy) is 9. The summed E-state index contributed by atoms with van der Waals surface area (Å²) in [7, 11) is 0. The Bertz CT molecular complexity index is 943. The third-order valence-electron chi connectivity index (χ3n) is 6.42. The summed E-state index contributed by atoms with van der Waals surface area (Å²) in [6.07, 6.45) is -8.51. The van der Waals surface area contributed by atoms with E-state index in [1.165, 1.54) is 13.8 Å². The molecule has 41 heavy (non-hydrogen) atoms. The van der Waals surface area contributed by atoms with Gasteiger partial charge in [-0.05, 0) is 20.3 Å². The van der Waals surface area contributed by atoms with Gasteiger partial charge in [0.05, 0.1) is 6.61 Å². The molecule has 15 heteroatoms. The summed E-state index contributed by atoms with van der Waals surface area (Å²) >= 11 is 0. The van der Waals surface area contributed by atoms with Gasteiger partial charge in [-0.3, -0.25) is 19.2 Å². The van der Waals surface area contributed by atoms with Crippen molar-refractivity contribution in [1.82, 2.24) is 5.32 Å². The van der Waals surface area contributed by atoms with E-state index in [1.807, 2.05) is 6.92 Å². The molecule has 0 aliphatic carbocycles. The average Bonchev–Trinajstić information content (AvgIpc) is 3.33. The standard InChI is InChI=1S/C26H41NO14/c1-8-9-33-22-19(39-25-23(22)40-26(6,7)41-25)16(32)10-35-24-18(27-12(2)28)21(37-15(5)31)20(36-14(4)30)17(38-24)11-34-13(3)29/h16-25,32H,8-11H2,1-7H3,(H,27,28)/t16?,17-,18-,19-,20-,21-,22+,23-,24-,25-/m1/s1. The summed E-state index contributed by atoms with van der Waals surface area (Å²) in [5.74, 6) is -3.51. The number of carbonyl (C=O) groups excluding carboxylic acids is 4. The maximum Gasteiger partial charge on any atom is 0.303 e. The second kappa shape index (κ2) is 14.2. The number of esters is 3. The van der Waals surface area contributed by atoms with Crippen LogP contribution >= 0.6 is 0 Å². The van der Waals surface area contributed by atoms with Crippen molar-refractivity contribution in [2.24, 2.45) is 0 Å². The highest BCUT2D eigenvalue weighted by Crippen LogP contribution is 2.40. The smallest absolute Gasteiger partial charge is 0.303 e. The van der Waals surface area contributed by atoms with Crippen LogP contribution in [0.5, 0.6) is 0 Å². The van der Waals surface area contributed by atoms with E-state index in [9.17, 15) is 24.3 Å². The topological polar surface area (TPSA) is 184 Å². The Labute approximate surface area is 238 Å². The van der Waals surface area contributed by atoms with Crippen molar-refractivity contribution in [3.05, 3.63) is 0 Å². The fourth-order valence-corrected chi connectivity index (χ4v) is 4.98. The summed E-state index contributed by atoms with van der Waals surface area (Å²) in [5.41, 5.74) is 0. The zero-order valence-corrected chi connectivity index (χ0v) is 24.4. The van der Waals surface area contributed by atoms with Crippen LogP contribution in [0.2, 0.25) is 0 Å². The van der Waals surface area contributed by atoms with Crippen molar-refractivity contribution in [2.45, 2.75) is 122 Å². The van der Waals surface area contributed by atoms with Gasteiger partial charge in [0.15, 0.2) is 30.6 Å². The van der Waals surface area contributed by atoms with Crippen molar-refractivity contribution in [2.75, 3.05) is 19.8 Å². The number of aliphatic hydroxyl groups is 1. The van der Waals surface area contributed by atoms with Gasteiger partial charge in [-0.2, -0.15) is 0 Å². The van der Waals surface area contributed by atoms with Crippen molar-refractivity contribution >= 4 is 23.8 Å². The van der Waals surface area contributed by atoms with E-state index in [-0.39, 0.29) is 13.2 Å². The average molecular weight is 592 g/mol. The summed E-state index contributed by atoms with van der Waals surface area (Å²) in [6, 6.07) is -1.18. The van der Waals surface area contributed by atoms with Gasteiger partial charge in [0.1, 0.15) is 43.2 Å². The quantitative estimate of drug-likeness (QED) is 0.223. The predicted octanol–water partition coefficient (Wildman–Crippen LogP) is -0.308. The lowest BCUT2D eigenvalue weighted by atomic mass is 9.96. The summed E-state index contributed by atoms with van der Waals surface area (Å²) < 4.78 is 51.4. The minimum Gasteiger partial charge on any atom is -0.463 e. The van der Waals surface area contributed by atoms with Gasteiger partial charge in [0, 0.05) is 34.3 Å². The molecule has 0 bridgehead atoms. The molecular weight excluding hydrogens is 550 g/mol. The lowest BCUT2D eigenvalue weighted by molar-refractivity contribution is -0.286. The molecule has 3 aliphatic heterocycles. The zero-order chi connectivity index (χ0) is 30.5. The fourth-order valence-electron chi connectivity index (χ4n) is 4.98. The molecule has 0 radical (unpaired) electrons. The van der Waals surface area contributed by atoms with Gasteiger partial charge >= 0.3 is 17.9 Å². The normalized spacial score (nSPS) is 34.8. The number of hydrogen-bond donors (Lipinski definition) is 2. The molecule has 1 unspecified atom stereocenters. The van der Waals surface area contributed by atoms with Crippen LogP contribution in [0.3, 0.4) is 0 Å². The van der Waals surface area contributed by atoms with Crippen LogP contribution in [-0.2, 0) is 61.8 Å². The lowest BCUT2D eigenvalue weighted by Crippen LogP contribution is -2.66. The Balaban J connectivity index is 1.81. The number of fused-ring (bicyclic) bond motifs is 1. The van der Waals surface area contributed by atoms with Gasteiger partial charge < -0.3 is 53.1 Å². The number of aliphatic hydroxyl groups excluding tert-OH is 1. The minimum absolute atomic E-state index is 0.382. The van der Waals surface area contributed by atoms with Crippen LogP contribution in [0.25, 0.3) is 0 Å². The van der Waals surface area contributed by atoms with Crippen molar-refractivity contribution in [1.29, 1.82) is 0 Å². The van der Waals surface area contributed by atoms with E-state index in [0.717, 1.165) is 20.3 Å². The molecule has 234 valence electrons. The largest absolute Gasteiger partial charge is 0.463 e. The second-order valence-electron chi connectivity index (χ2n) is 10.5. The van der Waals surface area contributed by atoms with Crippen LogP contribution in [0.4, 0.5) is 0 Å². The van der Waals surface area contributed by atoms with Crippen LogP contribution in [0.15, 0.2) is 0 Å². The SMILES string of the molecule is CCCO[C@@H]1[C@H]2OC(C)(C)O[C@H]2O[C@@H]1C(O)CO[C@@H]1O[C@H](COC(C)=O)[C@@H](OC(C)=O)[C@H](OC(C)=O)[C@H]1NC(C)=O. The zero-order valence-electron chi connectivity index (χ0n) is 24.4. The predicted molar refractivity (Wildman–Crippen MR) is 135 cm³/mol. The molecule has 3 saturated heterocycles. The third kappa shape index (κ3) is 8.80. The Kier molecular flexibility index (Phi) is 11.4. The highest BCUT2D eigenvalue weighted by atomic mass is 16.8. The molecule has 0 aromatic rings. The van der Waals surface area contributed by atoms with Crippen LogP contribution < -0.4 is 5.32 Å². The van der Waals surface area contributed by atoms with E-state index >= 15 is 0 Å². The maximum atomic E-state index is 12.1. The Hall–Kier alpha value is -2.40. The molecule has 0 spiro atoms. The molecule has 0 saturated carbocycles. The lowest BCUT2D eigenvalue weighted by Gasteiger charge is -2.45. The molecule has 2 N–H and O–H groups in total. The van der Waals surface area contributed by atoms with Crippen LogP contribution in [0, 0.1) is 0 Å². The Morgan fingerprint density at radius 2 is 1.56 bits per heavy atom. The highest BCUT2D eigenvalue weighted by Gasteiger charge is 2.57. The first-order chi connectivity index (χ1) is 19.2. The van der Waals surface area contributed by atoms with E-state index in [0.29, 0.717) is 6.61 Å². The monoisotopic (exact) mass is 591 g/mol. The molecule has 15 nitrogen and oxygen atoms in total. The number of hydrogen-bond acceptors (Lipinski definition) is 14. The molecule has 0 aromatic heterocycles. The maximum absolute atomic E-state index is 12.1. The minimum atomic E-state index is -1.34. The molecule has 3 heterocycles. The van der Waals surface area contributed by atoms with E-state index < -0.39 is 91.0 Å². The molecule has 3 aliphatic rings. The van der Waals surface area contributed by atoms with Crippen LogP contribution in [0.1, 0.15) is 54.9 Å². The van der Waals surface area contributed by atoms with Crippen molar-refractivity contribution in [3.63, 3.8) is 0 Å². The highest BCUT2D eigenvalue weighted by molar-refractivity contribution is 5.73. The van der Waals surface area contributed by atoms with E-state index in [2.05, 4.69) is 5.32 Å². The molecule has 10 atom stereocenters. The van der Waals surface area contributed by atoms with Gasteiger partial charge in [0.25, 0.3) is 0 Å². The number of amides is 1. The first kappa shape index (κ1) is 33.1. The van der Waals surface area contributed by atoms with E-state index in [1.54, 1.807) is 13.8 Å². The van der Waals surface area contributed by atoms with Crippen molar-refractivity contribution in [3.8, 4) is 0 Å². The van der Waals surface area contributed by atoms with Crippen molar-refractivity contribution < 1.29 is 66.9 Å². The molecule has 3 fully saturated rings. The first-order valence-corrected chi connectivity index (χ1v) is 13.5. The Morgan fingerprint density at radius 1 is 0.902 bits per heavy atom. The first-order valence-electron chi connectivity index (χ1n) is 13.5. The molecule has 3 rings (SSSR count). The molecule has 0 aromatic carbocycles. The van der Waals surface area contributed by atoms with Gasteiger partial charge in [-0.1, -0.05) is 6.92 Å². The summed E-state index contributed by atoms with van der Waals surface area (Å²) in [5, 5.41) is 13.7. The number of carbonyl (C=O) groups is 4. The number of rotatable bonds is 12. The summed E-state index contributed by atoms with van der Waals surface area (Å²) in [4.78, 5) is 47.6. The third-order valence-corrected chi connectivity index (χ3v) is 6.42. The van der Waals surface area contributed by atoms with Gasteiger partial charge in [-0.25, -0.2) is 0 Å². The van der Waals surface area contributed by atoms with Gasteiger partial charge in [-0.15, -0.1) is 0 Å². The molecular formula is C26H41NO14. The van der Waals surface area contributed by atoms with Gasteiger partial charge in [0.2, 0.25) is 5.91 Å². The number of nitrogens with one attached hydrogen (secondary N) is 1. The summed E-state index contributed by atoms with van der Waals surface area (Å²) in [6.45, 7) is 9.75.